The van der Waals surface area contributed by atoms with Crippen LogP contribution in [0.2, 0.25) is 0 Å². The summed E-state index contributed by atoms with van der Waals surface area (Å²) in [5.74, 6) is 0. The van der Waals surface area contributed by atoms with E-state index in [1.54, 1.807) is 16.8 Å². The number of hydrogen-bond donors (Lipinski definition) is 2. The predicted molar refractivity (Wildman–Crippen MR) is 78.0 cm³/mol. The van der Waals surface area contributed by atoms with Gasteiger partial charge in [-0.1, -0.05) is 18.2 Å². The van der Waals surface area contributed by atoms with Crippen molar-refractivity contribution in [3.05, 3.63) is 53.9 Å². The number of amides is 1. The van der Waals surface area contributed by atoms with Crippen molar-refractivity contribution in [3.63, 3.8) is 0 Å². The average molecular weight is 293 g/mol. The van der Waals surface area contributed by atoms with Crippen molar-refractivity contribution in [2.45, 2.75) is 6.54 Å². The van der Waals surface area contributed by atoms with Crippen LogP contribution in [0.5, 0.6) is 0 Å². The van der Waals surface area contributed by atoms with E-state index >= 15 is 0 Å². The second-order valence-electron chi connectivity index (χ2n) is 4.59. The Hall–Kier alpha value is -3.40. The summed E-state index contributed by atoms with van der Waals surface area (Å²) in [5, 5.41) is 24.2. The van der Waals surface area contributed by atoms with Crippen LogP contribution >= 0.6 is 0 Å². The van der Waals surface area contributed by atoms with E-state index < -0.39 is 6.09 Å². The Balaban J connectivity index is 2.04. The molecule has 0 aliphatic rings. The number of fused-ring (bicyclic) bond motifs is 1. The number of hydrogen-bond acceptors (Lipinski definition) is 4. The first kappa shape index (κ1) is 13.6. The summed E-state index contributed by atoms with van der Waals surface area (Å²) < 4.78 is 1.60. The van der Waals surface area contributed by atoms with Gasteiger partial charge < -0.3 is 10.4 Å². The molecule has 2 N–H and O–H groups in total. The molecule has 7 heteroatoms. The zero-order chi connectivity index (χ0) is 15.5. The Morgan fingerprint density at radius 3 is 3.05 bits per heavy atom. The van der Waals surface area contributed by atoms with Gasteiger partial charge in [-0.2, -0.15) is 10.4 Å². The van der Waals surface area contributed by atoms with Crippen LogP contribution in [0.15, 0.2) is 42.7 Å². The maximum absolute atomic E-state index is 10.6. The summed E-state index contributed by atoms with van der Waals surface area (Å²) in [4.78, 5) is 14.7. The summed E-state index contributed by atoms with van der Waals surface area (Å²) in [5.41, 5.74) is 3.38. The van der Waals surface area contributed by atoms with E-state index in [4.69, 9.17) is 10.4 Å². The molecule has 0 aliphatic carbocycles. The summed E-state index contributed by atoms with van der Waals surface area (Å²) in [6.07, 6.45) is 2.03. The first-order valence-corrected chi connectivity index (χ1v) is 6.48. The summed E-state index contributed by atoms with van der Waals surface area (Å²) >= 11 is 0. The van der Waals surface area contributed by atoms with Crippen LogP contribution in [-0.4, -0.2) is 25.8 Å². The quantitative estimate of drug-likeness (QED) is 0.769. The van der Waals surface area contributed by atoms with E-state index in [0.717, 1.165) is 16.8 Å². The molecule has 0 spiro atoms. The van der Waals surface area contributed by atoms with E-state index in [2.05, 4.69) is 21.5 Å². The highest BCUT2D eigenvalue weighted by atomic mass is 16.4. The predicted octanol–water partition coefficient (Wildman–Crippen LogP) is 2.04. The minimum Gasteiger partial charge on any atom is -0.465 e. The van der Waals surface area contributed by atoms with Crippen molar-refractivity contribution in [1.29, 1.82) is 5.26 Å². The normalized spacial score (nSPS) is 10.3. The minimum absolute atomic E-state index is 0.222. The second-order valence-corrected chi connectivity index (χ2v) is 4.59. The van der Waals surface area contributed by atoms with Crippen molar-refractivity contribution in [1.82, 2.24) is 19.9 Å². The zero-order valence-corrected chi connectivity index (χ0v) is 11.4. The molecule has 22 heavy (non-hydrogen) atoms. The molecule has 0 radical (unpaired) electrons. The van der Waals surface area contributed by atoms with Gasteiger partial charge in [0.15, 0.2) is 5.65 Å². The number of carbonyl (C=O) groups is 1. The molecule has 3 aromatic rings. The standard InChI is InChI=1S/C15H11N5O2/c16-7-12-9-19-20-13(4-5-17-14(12)20)11-3-1-2-10(6-11)8-18-15(21)22/h1-6,9,18H,8H2,(H,21,22). The van der Waals surface area contributed by atoms with Crippen LogP contribution in [-0.2, 0) is 6.54 Å². The van der Waals surface area contributed by atoms with E-state index in [9.17, 15) is 4.79 Å². The summed E-state index contributed by atoms with van der Waals surface area (Å²) in [7, 11) is 0. The number of nitriles is 1. The molecule has 7 nitrogen and oxygen atoms in total. The highest BCUT2D eigenvalue weighted by Crippen LogP contribution is 2.21. The Morgan fingerprint density at radius 2 is 2.27 bits per heavy atom. The number of nitrogens with one attached hydrogen (secondary N) is 1. The van der Waals surface area contributed by atoms with Gasteiger partial charge in [0, 0.05) is 18.3 Å². The molecule has 2 aromatic heterocycles. The van der Waals surface area contributed by atoms with Gasteiger partial charge in [0.05, 0.1) is 11.9 Å². The highest BCUT2D eigenvalue weighted by molar-refractivity contribution is 5.67. The van der Waals surface area contributed by atoms with E-state index in [-0.39, 0.29) is 6.54 Å². The fraction of sp³-hybridized carbons (Fsp3) is 0.0667. The van der Waals surface area contributed by atoms with Crippen molar-refractivity contribution < 1.29 is 9.90 Å². The first-order valence-electron chi connectivity index (χ1n) is 6.48. The molecule has 0 fully saturated rings. The van der Waals surface area contributed by atoms with Gasteiger partial charge in [-0.05, 0) is 17.7 Å². The average Bonchev–Trinajstić information content (AvgIpc) is 2.96. The number of carboxylic acid groups (broad SMARTS) is 1. The molecule has 0 aliphatic heterocycles. The lowest BCUT2D eigenvalue weighted by molar-refractivity contribution is 0.194. The van der Waals surface area contributed by atoms with E-state index in [0.29, 0.717) is 11.2 Å². The third kappa shape index (κ3) is 2.45. The van der Waals surface area contributed by atoms with E-state index in [1.165, 1.54) is 6.20 Å². The van der Waals surface area contributed by atoms with E-state index in [1.807, 2.05) is 24.3 Å². The summed E-state index contributed by atoms with van der Waals surface area (Å²) in [6.45, 7) is 0.222. The highest BCUT2D eigenvalue weighted by Gasteiger charge is 2.10. The SMILES string of the molecule is N#Cc1cnn2c(-c3cccc(CNC(=O)O)c3)ccnc12. The second kappa shape index (κ2) is 5.54. The fourth-order valence-electron chi connectivity index (χ4n) is 2.21. The largest absolute Gasteiger partial charge is 0.465 e. The molecule has 3 rings (SSSR count). The van der Waals surface area contributed by atoms with Gasteiger partial charge in [0.2, 0.25) is 0 Å². The Morgan fingerprint density at radius 1 is 1.41 bits per heavy atom. The van der Waals surface area contributed by atoms with Gasteiger partial charge >= 0.3 is 6.09 Å². The lowest BCUT2D eigenvalue weighted by Crippen LogP contribution is -2.19. The maximum Gasteiger partial charge on any atom is 0.404 e. The zero-order valence-electron chi connectivity index (χ0n) is 11.4. The molecular formula is C15H11N5O2. The molecule has 1 aromatic carbocycles. The molecule has 108 valence electrons. The molecule has 2 heterocycles. The van der Waals surface area contributed by atoms with Crippen molar-refractivity contribution in [3.8, 4) is 17.3 Å². The van der Waals surface area contributed by atoms with Gasteiger partial charge in [0.1, 0.15) is 11.6 Å². The smallest absolute Gasteiger partial charge is 0.404 e. The number of rotatable bonds is 3. The molecule has 0 atom stereocenters. The van der Waals surface area contributed by atoms with Crippen LogP contribution in [0.3, 0.4) is 0 Å². The van der Waals surface area contributed by atoms with Crippen molar-refractivity contribution >= 4 is 11.7 Å². The third-order valence-corrected chi connectivity index (χ3v) is 3.19. The topological polar surface area (TPSA) is 103 Å². The number of aromatic nitrogens is 3. The molecule has 0 saturated carbocycles. The van der Waals surface area contributed by atoms with Crippen LogP contribution in [0, 0.1) is 11.3 Å². The lowest BCUT2D eigenvalue weighted by Gasteiger charge is -2.07. The first-order chi connectivity index (χ1) is 10.7. The third-order valence-electron chi connectivity index (χ3n) is 3.19. The van der Waals surface area contributed by atoms with Crippen molar-refractivity contribution in [2.75, 3.05) is 0 Å². The number of benzene rings is 1. The van der Waals surface area contributed by atoms with Crippen molar-refractivity contribution in [2.24, 2.45) is 0 Å². The molecule has 0 unspecified atom stereocenters. The van der Waals surface area contributed by atoms with Gasteiger partial charge in [-0.3, -0.25) is 0 Å². The van der Waals surface area contributed by atoms with Gasteiger partial charge in [-0.25, -0.2) is 14.3 Å². The maximum atomic E-state index is 10.6. The minimum atomic E-state index is -1.07. The fourth-order valence-corrected chi connectivity index (χ4v) is 2.21. The van der Waals surface area contributed by atoms with Crippen LogP contribution < -0.4 is 5.32 Å². The Bertz CT molecular complexity index is 894. The Kier molecular flexibility index (Phi) is 3.42. The molecule has 0 saturated heterocycles. The van der Waals surface area contributed by atoms with Gasteiger partial charge in [-0.15, -0.1) is 0 Å². The molecule has 1 amide bonds. The molecular weight excluding hydrogens is 282 g/mol. The lowest BCUT2D eigenvalue weighted by atomic mass is 10.1. The summed E-state index contributed by atoms with van der Waals surface area (Å²) in [6, 6.07) is 11.3. The van der Waals surface area contributed by atoms with Gasteiger partial charge in [0.25, 0.3) is 0 Å². The monoisotopic (exact) mass is 293 g/mol. The van der Waals surface area contributed by atoms with Crippen LogP contribution in [0.4, 0.5) is 4.79 Å². The molecule has 0 bridgehead atoms. The van der Waals surface area contributed by atoms with Crippen LogP contribution in [0.25, 0.3) is 16.9 Å². The Labute approximate surface area is 125 Å². The number of nitrogens with zero attached hydrogens (tertiary/aromatic N) is 4. The van der Waals surface area contributed by atoms with Crippen LogP contribution in [0.1, 0.15) is 11.1 Å².